The van der Waals surface area contributed by atoms with Crippen LogP contribution in [-0.4, -0.2) is 48.8 Å². The van der Waals surface area contributed by atoms with E-state index >= 15 is 0 Å². The Morgan fingerprint density at radius 3 is 2.05 bits per heavy atom. The number of methoxy groups -OCH3 is 1. The molecule has 1 aliphatic heterocycles. The summed E-state index contributed by atoms with van der Waals surface area (Å²) in [4.78, 5) is 6.15. The summed E-state index contributed by atoms with van der Waals surface area (Å²) in [7, 11) is 1.56. The molecule has 0 bridgehead atoms. The standard InChI is InChI=1S/C30H27BrCl2F3N3O/c1-40-27-16-26(37-23-10-12-39(13-11-23)17-30(34,35)36)24-14-20(15-25(31)29(24)38-27)28(18-2-6-21(32)7-3-18)19-4-8-22(33)9-5-19/h2-9,14-16,23,28H,10-13,17H2,1H3,(H,37,38). The van der Waals surface area contributed by atoms with Crippen molar-refractivity contribution < 1.29 is 17.9 Å². The molecular formula is C30H27BrCl2F3N3O. The number of rotatable bonds is 7. The molecule has 1 aliphatic rings. The van der Waals surface area contributed by atoms with Crippen LogP contribution in [0.2, 0.25) is 10.0 Å². The normalized spacial score (nSPS) is 15.1. The molecule has 1 saturated heterocycles. The third-order valence-electron chi connectivity index (χ3n) is 7.16. The van der Waals surface area contributed by atoms with E-state index in [0.29, 0.717) is 41.9 Å². The van der Waals surface area contributed by atoms with E-state index in [1.54, 1.807) is 7.11 Å². The first kappa shape index (κ1) is 29.0. The first-order valence-electron chi connectivity index (χ1n) is 12.8. The Kier molecular flexibility index (Phi) is 8.80. The molecular weight excluding hydrogens is 626 g/mol. The number of alkyl halides is 3. The Balaban J connectivity index is 1.54. The molecule has 0 spiro atoms. The van der Waals surface area contributed by atoms with Gasteiger partial charge in [0, 0.05) is 56.7 Å². The topological polar surface area (TPSA) is 37.4 Å². The Morgan fingerprint density at radius 2 is 1.52 bits per heavy atom. The molecule has 0 saturated carbocycles. The third kappa shape index (κ3) is 6.85. The number of hydrogen-bond acceptors (Lipinski definition) is 4. The van der Waals surface area contributed by atoms with Gasteiger partial charge >= 0.3 is 6.18 Å². The van der Waals surface area contributed by atoms with Gasteiger partial charge in [-0.2, -0.15) is 13.2 Å². The van der Waals surface area contributed by atoms with Gasteiger partial charge < -0.3 is 10.1 Å². The van der Waals surface area contributed by atoms with E-state index in [4.69, 9.17) is 32.9 Å². The molecule has 1 N–H and O–H groups in total. The van der Waals surface area contributed by atoms with Crippen LogP contribution in [0.25, 0.3) is 10.9 Å². The first-order valence-corrected chi connectivity index (χ1v) is 14.4. The highest BCUT2D eigenvalue weighted by atomic mass is 79.9. The Bertz CT molecular complexity index is 1430. The maximum Gasteiger partial charge on any atom is 0.401 e. The van der Waals surface area contributed by atoms with Gasteiger partial charge in [-0.05, 0) is 81.9 Å². The van der Waals surface area contributed by atoms with Crippen LogP contribution in [0.3, 0.4) is 0 Å². The molecule has 1 fully saturated rings. The minimum absolute atomic E-state index is 0.0190. The second-order valence-corrected chi connectivity index (χ2v) is 11.7. The number of nitrogens with one attached hydrogen (secondary N) is 1. The van der Waals surface area contributed by atoms with Crippen LogP contribution in [0.5, 0.6) is 5.88 Å². The fourth-order valence-electron chi connectivity index (χ4n) is 5.27. The summed E-state index contributed by atoms with van der Waals surface area (Å²) in [6, 6.07) is 21.6. The predicted molar refractivity (Wildman–Crippen MR) is 159 cm³/mol. The summed E-state index contributed by atoms with van der Waals surface area (Å²) < 4.78 is 44.9. The largest absolute Gasteiger partial charge is 0.481 e. The summed E-state index contributed by atoms with van der Waals surface area (Å²) in [6.07, 6.45) is -3.00. The van der Waals surface area contributed by atoms with Gasteiger partial charge in [-0.3, -0.25) is 4.90 Å². The fourth-order valence-corrected chi connectivity index (χ4v) is 6.09. The van der Waals surface area contributed by atoms with Crippen molar-refractivity contribution in [1.82, 2.24) is 9.88 Å². The van der Waals surface area contributed by atoms with Gasteiger partial charge in [0.05, 0.1) is 19.2 Å². The molecule has 40 heavy (non-hydrogen) atoms. The third-order valence-corrected chi connectivity index (χ3v) is 8.27. The smallest absolute Gasteiger partial charge is 0.401 e. The number of pyridine rings is 1. The molecule has 4 nitrogen and oxygen atoms in total. The average molecular weight is 653 g/mol. The number of ether oxygens (including phenoxy) is 1. The van der Waals surface area contributed by atoms with Gasteiger partial charge in [0.25, 0.3) is 0 Å². The van der Waals surface area contributed by atoms with E-state index in [0.717, 1.165) is 37.8 Å². The van der Waals surface area contributed by atoms with E-state index in [1.807, 2.05) is 54.6 Å². The second-order valence-electron chi connectivity index (χ2n) is 9.96. The van der Waals surface area contributed by atoms with Crippen LogP contribution in [0.4, 0.5) is 18.9 Å². The van der Waals surface area contributed by atoms with E-state index in [9.17, 15) is 13.2 Å². The Morgan fingerprint density at radius 1 is 0.950 bits per heavy atom. The number of hydrogen-bond donors (Lipinski definition) is 1. The van der Waals surface area contributed by atoms with Gasteiger partial charge in [0.2, 0.25) is 5.88 Å². The number of benzene rings is 3. The summed E-state index contributed by atoms with van der Waals surface area (Å²) >= 11 is 16.1. The lowest BCUT2D eigenvalue weighted by Gasteiger charge is -2.33. The summed E-state index contributed by atoms with van der Waals surface area (Å²) in [5, 5.41) is 5.78. The van der Waals surface area contributed by atoms with Crippen molar-refractivity contribution >= 4 is 55.7 Å². The number of nitrogens with zero attached hydrogens (tertiary/aromatic N) is 2. The van der Waals surface area contributed by atoms with Gasteiger partial charge in [-0.1, -0.05) is 47.5 Å². The molecule has 5 rings (SSSR count). The van der Waals surface area contributed by atoms with Crippen LogP contribution in [0.1, 0.15) is 35.4 Å². The van der Waals surface area contributed by atoms with E-state index in [-0.39, 0.29) is 12.0 Å². The molecule has 0 unspecified atom stereocenters. The van der Waals surface area contributed by atoms with Gasteiger partial charge in [-0.15, -0.1) is 0 Å². The quantitative estimate of drug-likeness (QED) is 0.202. The monoisotopic (exact) mass is 651 g/mol. The van der Waals surface area contributed by atoms with Crippen molar-refractivity contribution in [2.45, 2.75) is 31.0 Å². The van der Waals surface area contributed by atoms with Crippen LogP contribution >= 0.6 is 39.1 Å². The number of fused-ring (bicyclic) bond motifs is 1. The average Bonchev–Trinajstić information content (AvgIpc) is 2.91. The van der Waals surface area contributed by atoms with Crippen molar-refractivity contribution in [3.05, 3.63) is 97.9 Å². The lowest BCUT2D eigenvalue weighted by Crippen LogP contribution is -2.43. The van der Waals surface area contributed by atoms with Crippen molar-refractivity contribution in [2.75, 3.05) is 32.1 Å². The molecule has 4 aromatic rings. The lowest BCUT2D eigenvalue weighted by atomic mass is 9.84. The zero-order valence-electron chi connectivity index (χ0n) is 21.6. The lowest BCUT2D eigenvalue weighted by molar-refractivity contribution is -0.147. The maximum absolute atomic E-state index is 12.9. The molecule has 1 aromatic heterocycles. The summed E-state index contributed by atoms with van der Waals surface area (Å²) in [6.45, 7) is -0.123. The first-order chi connectivity index (χ1) is 19.1. The number of aromatic nitrogens is 1. The molecule has 3 aromatic carbocycles. The number of likely N-dealkylation sites (tertiary alicyclic amines) is 1. The van der Waals surface area contributed by atoms with Crippen molar-refractivity contribution in [1.29, 1.82) is 0 Å². The van der Waals surface area contributed by atoms with Crippen LogP contribution < -0.4 is 10.1 Å². The molecule has 0 atom stereocenters. The highest BCUT2D eigenvalue weighted by molar-refractivity contribution is 9.10. The molecule has 210 valence electrons. The molecule has 0 amide bonds. The summed E-state index contributed by atoms with van der Waals surface area (Å²) in [5.74, 6) is 0.334. The number of piperidine rings is 1. The van der Waals surface area contributed by atoms with Gasteiger partial charge in [-0.25, -0.2) is 4.98 Å². The van der Waals surface area contributed by atoms with E-state index < -0.39 is 12.7 Å². The van der Waals surface area contributed by atoms with Crippen LogP contribution in [-0.2, 0) is 0 Å². The van der Waals surface area contributed by atoms with Crippen molar-refractivity contribution in [2.24, 2.45) is 0 Å². The van der Waals surface area contributed by atoms with Crippen LogP contribution in [0.15, 0.2) is 71.2 Å². The Hall–Kier alpha value is -2.52. The molecule has 2 heterocycles. The van der Waals surface area contributed by atoms with Gasteiger partial charge in [0.15, 0.2) is 0 Å². The predicted octanol–water partition coefficient (Wildman–Crippen LogP) is 8.93. The van der Waals surface area contributed by atoms with E-state index in [1.165, 1.54) is 4.90 Å². The zero-order chi connectivity index (χ0) is 28.4. The minimum atomic E-state index is -4.19. The SMILES string of the molecule is COc1cc(NC2CCN(CC(F)(F)F)CC2)c2cc(C(c3ccc(Cl)cc3)c3ccc(Cl)cc3)cc(Br)c2n1. The van der Waals surface area contributed by atoms with Crippen LogP contribution in [0, 0.1) is 0 Å². The summed E-state index contributed by atoms with van der Waals surface area (Å²) in [5.41, 5.74) is 4.70. The van der Waals surface area contributed by atoms with Crippen molar-refractivity contribution in [3.63, 3.8) is 0 Å². The highest BCUT2D eigenvalue weighted by Gasteiger charge is 2.32. The highest BCUT2D eigenvalue weighted by Crippen LogP contribution is 2.40. The van der Waals surface area contributed by atoms with E-state index in [2.05, 4.69) is 33.4 Å². The minimum Gasteiger partial charge on any atom is -0.481 e. The fraction of sp³-hybridized carbons (Fsp3) is 0.300. The number of halogens is 6. The Labute approximate surface area is 249 Å². The zero-order valence-corrected chi connectivity index (χ0v) is 24.7. The molecule has 0 radical (unpaired) electrons. The van der Waals surface area contributed by atoms with Gasteiger partial charge in [0.1, 0.15) is 0 Å². The maximum atomic E-state index is 12.9. The molecule has 10 heteroatoms. The number of anilines is 1. The second kappa shape index (κ2) is 12.1. The van der Waals surface area contributed by atoms with Crippen molar-refractivity contribution in [3.8, 4) is 5.88 Å². The molecule has 0 aliphatic carbocycles.